The molecule has 130 valence electrons. The lowest BCUT2D eigenvalue weighted by molar-refractivity contribution is -0.130. The molecule has 0 fully saturated rings. The average molecular weight is 348 g/mol. The highest BCUT2D eigenvalue weighted by Crippen LogP contribution is 2.19. The van der Waals surface area contributed by atoms with Crippen LogP contribution in [0.2, 0.25) is 0 Å². The number of carbonyl (C=O) groups is 1. The van der Waals surface area contributed by atoms with Gasteiger partial charge < -0.3 is 14.4 Å². The summed E-state index contributed by atoms with van der Waals surface area (Å²) in [5.41, 5.74) is 0.907. The molecular weight excluding hydrogens is 324 g/mol. The van der Waals surface area contributed by atoms with E-state index in [1.807, 2.05) is 34.5 Å². The van der Waals surface area contributed by atoms with Crippen LogP contribution < -0.4 is 9.47 Å². The van der Waals surface area contributed by atoms with Crippen molar-refractivity contribution >= 4 is 17.2 Å². The maximum absolute atomic E-state index is 11.7. The number of ether oxygens (including phenoxy) is 2. The van der Waals surface area contributed by atoms with E-state index in [1.54, 1.807) is 25.4 Å². The van der Waals surface area contributed by atoms with Crippen LogP contribution in [-0.4, -0.2) is 29.4 Å². The van der Waals surface area contributed by atoms with Crippen LogP contribution in [0.25, 0.3) is 0 Å². The monoisotopic (exact) mass is 348 g/mol. The van der Waals surface area contributed by atoms with Gasteiger partial charge in [-0.05, 0) is 30.2 Å². The first kappa shape index (κ1) is 18.3. The summed E-state index contributed by atoms with van der Waals surface area (Å²) in [7, 11) is 1.64. The normalized spacial score (nSPS) is 10.7. The molecule has 1 heterocycles. The van der Waals surface area contributed by atoms with Crippen molar-refractivity contribution in [3.05, 3.63) is 40.3 Å². The Morgan fingerprint density at radius 2 is 1.92 bits per heavy atom. The van der Waals surface area contributed by atoms with Crippen molar-refractivity contribution in [1.82, 2.24) is 9.88 Å². The van der Waals surface area contributed by atoms with Gasteiger partial charge in [-0.15, -0.1) is 11.3 Å². The molecule has 0 spiro atoms. The maximum Gasteiger partial charge on any atom is 0.219 e. The molecule has 0 unspecified atom stereocenters. The van der Waals surface area contributed by atoms with Crippen LogP contribution >= 0.6 is 11.3 Å². The van der Waals surface area contributed by atoms with Crippen molar-refractivity contribution in [2.24, 2.45) is 5.92 Å². The number of rotatable bonds is 8. The zero-order chi connectivity index (χ0) is 17.5. The smallest absolute Gasteiger partial charge is 0.219 e. The highest BCUT2D eigenvalue weighted by atomic mass is 32.1. The second-order valence-electron chi connectivity index (χ2n) is 5.99. The standard InChI is InChI=1S/C18H24N2O3S/c1-13(2)9-20(14(3)21)10-15-12-24-18(19-15)11-23-17-7-5-16(22-4)6-8-17/h5-8,12-13H,9-11H2,1-4H3. The second kappa shape index (κ2) is 8.68. The molecule has 0 bridgehead atoms. The van der Waals surface area contributed by atoms with Gasteiger partial charge in [0.2, 0.25) is 5.91 Å². The van der Waals surface area contributed by atoms with Crippen LogP contribution in [-0.2, 0) is 17.9 Å². The van der Waals surface area contributed by atoms with Crippen molar-refractivity contribution in [3.8, 4) is 11.5 Å². The lowest BCUT2D eigenvalue weighted by Crippen LogP contribution is -2.31. The lowest BCUT2D eigenvalue weighted by Gasteiger charge is -2.22. The molecule has 0 atom stereocenters. The van der Waals surface area contributed by atoms with Gasteiger partial charge in [0, 0.05) is 18.8 Å². The Balaban J connectivity index is 1.90. The summed E-state index contributed by atoms with van der Waals surface area (Å²) >= 11 is 1.55. The molecule has 0 saturated carbocycles. The first-order valence-electron chi connectivity index (χ1n) is 7.93. The van der Waals surface area contributed by atoms with E-state index in [9.17, 15) is 4.79 Å². The van der Waals surface area contributed by atoms with Crippen LogP contribution in [0.3, 0.4) is 0 Å². The van der Waals surface area contributed by atoms with Crippen molar-refractivity contribution in [1.29, 1.82) is 0 Å². The van der Waals surface area contributed by atoms with E-state index in [0.29, 0.717) is 19.1 Å². The van der Waals surface area contributed by atoms with Gasteiger partial charge in [0.15, 0.2) is 0 Å². The Bertz CT molecular complexity index is 653. The highest BCUT2D eigenvalue weighted by Gasteiger charge is 2.13. The van der Waals surface area contributed by atoms with Crippen molar-refractivity contribution in [2.45, 2.75) is 33.9 Å². The van der Waals surface area contributed by atoms with E-state index in [2.05, 4.69) is 18.8 Å². The molecule has 6 heteroatoms. The molecule has 0 N–H and O–H groups in total. The van der Waals surface area contributed by atoms with Crippen LogP contribution in [0.5, 0.6) is 11.5 Å². The Morgan fingerprint density at radius 3 is 2.50 bits per heavy atom. The number of nitrogens with zero attached hydrogens (tertiary/aromatic N) is 2. The van der Waals surface area contributed by atoms with Gasteiger partial charge >= 0.3 is 0 Å². The fourth-order valence-corrected chi connectivity index (χ4v) is 2.94. The van der Waals surface area contributed by atoms with Gasteiger partial charge in [0.25, 0.3) is 0 Å². The Morgan fingerprint density at radius 1 is 1.25 bits per heavy atom. The summed E-state index contributed by atoms with van der Waals surface area (Å²) in [5.74, 6) is 2.09. The molecule has 2 aromatic rings. The van der Waals surface area contributed by atoms with E-state index in [-0.39, 0.29) is 5.91 Å². The van der Waals surface area contributed by atoms with Crippen molar-refractivity contribution < 1.29 is 14.3 Å². The Hall–Kier alpha value is -2.08. The predicted molar refractivity (Wildman–Crippen MR) is 95.4 cm³/mol. The van der Waals surface area contributed by atoms with E-state index in [0.717, 1.165) is 28.7 Å². The van der Waals surface area contributed by atoms with Crippen LogP contribution in [0, 0.1) is 5.92 Å². The molecular formula is C18H24N2O3S. The summed E-state index contributed by atoms with van der Waals surface area (Å²) in [6.07, 6.45) is 0. The van der Waals surface area contributed by atoms with Crippen LogP contribution in [0.4, 0.5) is 0 Å². The summed E-state index contributed by atoms with van der Waals surface area (Å²) in [5, 5.41) is 2.89. The quantitative estimate of drug-likeness (QED) is 0.729. The van der Waals surface area contributed by atoms with Gasteiger partial charge in [-0.1, -0.05) is 13.8 Å². The zero-order valence-electron chi connectivity index (χ0n) is 14.6. The van der Waals surface area contributed by atoms with Crippen molar-refractivity contribution in [3.63, 3.8) is 0 Å². The van der Waals surface area contributed by atoms with Gasteiger partial charge in [0.1, 0.15) is 23.1 Å². The lowest BCUT2D eigenvalue weighted by atomic mass is 10.2. The molecule has 0 saturated heterocycles. The molecule has 1 aromatic carbocycles. The second-order valence-corrected chi connectivity index (χ2v) is 6.93. The van der Waals surface area contributed by atoms with E-state index in [1.165, 1.54) is 0 Å². The number of benzene rings is 1. The van der Waals surface area contributed by atoms with Crippen LogP contribution in [0.15, 0.2) is 29.6 Å². The van der Waals surface area contributed by atoms with Crippen LogP contribution in [0.1, 0.15) is 31.5 Å². The van der Waals surface area contributed by atoms with Gasteiger partial charge in [-0.2, -0.15) is 0 Å². The fourth-order valence-electron chi connectivity index (χ4n) is 2.25. The minimum Gasteiger partial charge on any atom is -0.497 e. The third kappa shape index (κ3) is 5.53. The highest BCUT2D eigenvalue weighted by molar-refractivity contribution is 7.09. The number of hydrogen-bond acceptors (Lipinski definition) is 5. The Labute approximate surface area is 147 Å². The Kier molecular flexibility index (Phi) is 6.61. The number of thiazole rings is 1. The number of hydrogen-bond donors (Lipinski definition) is 0. The summed E-state index contributed by atoms with van der Waals surface area (Å²) in [6, 6.07) is 7.46. The minimum absolute atomic E-state index is 0.0766. The number of amides is 1. The minimum atomic E-state index is 0.0766. The average Bonchev–Trinajstić information content (AvgIpc) is 3.00. The first-order valence-corrected chi connectivity index (χ1v) is 8.81. The first-order chi connectivity index (χ1) is 11.5. The summed E-state index contributed by atoms with van der Waals surface area (Å²) < 4.78 is 10.9. The van der Waals surface area contributed by atoms with E-state index in [4.69, 9.17) is 9.47 Å². The molecule has 1 amide bonds. The van der Waals surface area contributed by atoms with Crippen molar-refractivity contribution in [2.75, 3.05) is 13.7 Å². The molecule has 2 rings (SSSR count). The van der Waals surface area contributed by atoms with Gasteiger partial charge in [0.05, 0.1) is 19.3 Å². The number of aromatic nitrogens is 1. The fraction of sp³-hybridized carbons (Fsp3) is 0.444. The predicted octanol–water partition coefficient (Wildman–Crippen LogP) is 3.74. The third-order valence-corrected chi connectivity index (χ3v) is 4.28. The molecule has 0 aliphatic rings. The number of carbonyl (C=O) groups excluding carboxylic acids is 1. The number of methoxy groups -OCH3 is 1. The largest absolute Gasteiger partial charge is 0.497 e. The summed E-state index contributed by atoms with van der Waals surface area (Å²) in [6.45, 7) is 7.51. The van der Waals surface area contributed by atoms with Gasteiger partial charge in [-0.25, -0.2) is 4.98 Å². The van der Waals surface area contributed by atoms with E-state index < -0.39 is 0 Å². The maximum atomic E-state index is 11.7. The summed E-state index contributed by atoms with van der Waals surface area (Å²) in [4.78, 5) is 18.1. The molecule has 0 radical (unpaired) electrons. The molecule has 0 aliphatic heterocycles. The molecule has 0 aliphatic carbocycles. The SMILES string of the molecule is COc1ccc(OCc2nc(CN(CC(C)C)C(C)=O)cs2)cc1. The third-order valence-electron chi connectivity index (χ3n) is 3.40. The molecule has 1 aromatic heterocycles. The topological polar surface area (TPSA) is 51.7 Å². The van der Waals surface area contributed by atoms with E-state index >= 15 is 0 Å². The molecule has 5 nitrogen and oxygen atoms in total. The zero-order valence-corrected chi connectivity index (χ0v) is 15.4. The van der Waals surface area contributed by atoms with Gasteiger partial charge in [-0.3, -0.25) is 4.79 Å². The molecule has 24 heavy (non-hydrogen) atoms.